The Morgan fingerprint density at radius 1 is 1.26 bits per heavy atom. The molecule has 39 heavy (non-hydrogen) atoms. The molecule has 2 aromatic heterocycles. The molecule has 0 radical (unpaired) electrons. The number of H-pyrrole nitrogens is 1. The number of amides is 2. The minimum absolute atomic E-state index is 0.00684. The van der Waals surface area contributed by atoms with Gasteiger partial charge in [-0.2, -0.15) is 10.1 Å². The summed E-state index contributed by atoms with van der Waals surface area (Å²) in [4.78, 5) is 37.2. The van der Waals surface area contributed by atoms with Gasteiger partial charge < -0.3 is 25.5 Å². The van der Waals surface area contributed by atoms with Gasteiger partial charge >= 0.3 is 6.03 Å². The number of likely N-dealkylation sites (N-methyl/N-ethyl adjacent to an activating group) is 1. The fourth-order valence-corrected chi connectivity index (χ4v) is 4.72. The molecule has 4 N–H and O–H groups in total. The van der Waals surface area contributed by atoms with Gasteiger partial charge in [-0.15, -0.1) is 0 Å². The lowest BCUT2D eigenvalue weighted by Gasteiger charge is -2.50. The Morgan fingerprint density at radius 3 is 2.51 bits per heavy atom. The molecule has 12 nitrogen and oxygen atoms in total. The van der Waals surface area contributed by atoms with Crippen LogP contribution in [0, 0.1) is 11.7 Å². The summed E-state index contributed by atoms with van der Waals surface area (Å²) < 4.78 is 14.5. The third kappa shape index (κ3) is 6.57. The van der Waals surface area contributed by atoms with Crippen LogP contribution in [-0.4, -0.2) is 90.2 Å². The number of carboxylic acids is 1. The lowest BCUT2D eigenvalue weighted by Crippen LogP contribution is -2.65. The first-order chi connectivity index (χ1) is 18.0. The number of rotatable bonds is 5. The number of hydrogen-bond donors (Lipinski definition) is 4. The molecule has 1 fully saturated rings. The highest BCUT2D eigenvalue weighted by molar-refractivity contribution is 5.78. The van der Waals surface area contributed by atoms with Crippen molar-refractivity contribution in [3.63, 3.8) is 0 Å². The zero-order chi connectivity index (χ0) is 29.3. The first-order valence-electron chi connectivity index (χ1n) is 13.1. The first-order valence-corrected chi connectivity index (χ1v) is 13.1. The van der Waals surface area contributed by atoms with Gasteiger partial charge in [0.2, 0.25) is 5.95 Å². The Kier molecular flexibility index (Phi) is 8.73. The number of carboxylic acid groups (broad SMARTS) is 1. The van der Waals surface area contributed by atoms with Gasteiger partial charge in [0.1, 0.15) is 0 Å². The van der Waals surface area contributed by atoms with Crippen LogP contribution in [-0.2, 0) is 16.9 Å². The normalized spacial score (nSPS) is 19.8. The highest BCUT2D eigenvalue weighted by atomic mass is 19.1. The molecule has 0 bridgehead atoms. The van der Waals surface area contributed by atoms with E-state index in [0.717, 1.165) is 30.9 Å². The molecule has 0 aromatic carbocycles. The molecule has 2 aliphatic rings. The highest BCUT2D eigenvalue weighted by Crippen LogP contribution is 2.42. The van der Waals surface area contributed by atoms with E-state index in [-0.39, 0.29) is 23.4 Å². The molecule has 1 saturated heterocycles. The third-order valence-corrected chi connectivity index (χ3v) is 7.26. The Bertz CT molecular complexity index is 1190. The number of urea groups is 1. The van der Waals surface area contributed by atoms with Gasteiger partial charge in [-0.05, 0) is 47.6 Å². The van der Waals surface area contributed by atoms with Crippen molar-refractivity contribution in [2.45, 2.75) is 79.1 Å². The summed E-state index contributed by atoms with van der Waals surface area (Å²) in [6.07, 6.45) is 1.14. The second kappa shape index (κ2) is 11.3. The topological polar surface area (TPSA) is 143 Å². The number of carbonyl (C=O) groups is 2. The van der Waals surface area contributed by atoms with E-state index < -0.39 is 17.3 Å². The number of piperazine rings is 1. The van der Waals surface area contributed by atoms with Crippen molar-refractivity contribution in [3.05, 3.63) is 23.3 Å². The van der Waals surface area contributed by atoms with Crippen LogP contribution in [0.25, 0.3) is 0 Å². The van der Waals surface area contributed by atoms with E-state index in [1.807, 2.05) is 23.6 Å². The van der Waals surface area contributed by atoms with Crippen molar-refractivity contribution in [1.29, 1.82) is 0 Å². The standard InChI is InChI=1S/C24H38FN9O.C2H4O2/c1-14(2)9-26-21-27-10-17(25)20(29-21)28-19-16-12-34(24(6,7)18(16)30-31-19)22(35)33-13-23(4,5)32(8)11-15(33)3;1-2(3)4/h10,14-15H,9,11-13H2,1-8H3,(H3,26,27,28,29,30,31);1H3,(H,3,4)/t15-;/m0./s1. The molecule has 2 aromatic rings. The lowest BCUT2D eigenvalue weighted by atomic mass is 9.96. The summed E-state index contributed by atoms with van der Waals surface area (Å²) in [6.45, 7) is 18.1. The second-order valence-corrected chi connectivity index (χ2v) is 11.8. The van der Waals surface area contributed by atoms with E-state index in [2.05, 4.69) is 77.4 Å². The maximum absolute atomic E-state index is 14.5. The Morgan fingerprint density at radius 2 is 1.90 bits per heavy atom. The summed E-state index contributed by atoms with van der Waals surface area (Å²) in [7, 11) is 2.10. The number of aliphatic carboxylic acids is 1. The molecule has 4 heterocycles. The van der Waals surface area contributed by atoms with E-state index in [0.29, 0.717) is 37.3 Å². The third-order valence-electron chi connectivity index (χ3n) is 7.26. The van der Waals surface area contributed by atoms with Crippen molar-refractivity contribution < 1.29 is 19.1 Å². The van der Waals surface area contributed by atoms with Gasteiger partial charge in [0.15, 0.2) is 17.5 Å². The van der Waals surface area contributed by atoms with E-state index in [1.165, 1.54) is 0 Å². The van der Waals surface area contributed by atoms with E-state index in [1.54, 1.807) is 0 Å². The molecular weight excluding hydrogens is 505 g/mol. The smallest absolute Gasteiger partial charge is 0.321 e. The molecule has 1 atom stereocenters. The van der Waals surface area contributed by atoms with Crippen LogP contribution in [0.5, 0.6) is 0 Å². The van der Waals surface area contributed by atoms with Crippen molar-refractivity contribution in [2.24, 2.45) is 5.92 Å². The molecule has 0 unspecified atom stereocenters. The first kappa shape index (κ1) is 30.1. The fourth-order valence-electron chi connectivity index (χ4n) is 4.72. The van der Waals surface area contributed by atoms with Crippen LogP contribution < -0.4 is 10.6 Å². The van der Waals surface area contributed by atoms with Gasteiger partial charge in [0, 0.05) is 43.7 Å². The molecule has 2 aliphatic heterocycles. The van der Waals surface area contributed by atoms with Gasteiger partial charge in [-0.3, -0.25) is 14.8 Å². The van der Waals surface area contributed by atoms with Gasteiger partial charge in [-0.1, -0.05) is 13.8 Å². The number of fused-ring (bicyclic) bond motifs is 1. The predicted octanol–water partition coefficient (Wildman–Crippen LogP) is 3.83. The Balaban J connectivity index is 0.000000983. The summed E-state index contributed by atoms with van der Waals surface area (Å²) in [5.41, 5.74) is 0.961. The predicted molar refractivity (Wildman–Crippen MR) is 147 cm³/mol. The summed E-state index contributed by atoms with van der Waals surface area (Å²) in [5, 5.41) is 21.0. The highest BCUT2D eigenvalue weighted by Gasteiger charge is 2.47. The van der Waals surface area contributed by atoms with Crippen molar-refractivity contribution in [2.75, 3.05) is 37.3 Å². The molecule has 0 spiro atoms. The van der Waals surface area contributed by atoms with Crippen LogP contribution in [0.15, 0.2) is 6.20 Å². The number of anilines is 3. The van der Waals surface area contributed by atoms with Crippen molar-refractivity contribution >= 4 is 29.6 Å². The van der Waals surface area contributed by atoms with Crippen LogP contribution in [0.2, 0.25) is 0 Å². The summed E-state index contributed by atoms with van der Waals surface area (Å²) in [6, 6.07) is 0.0884. The molecule has 216 valence electrons. The quantitative estimate of drug-likeness (QED) is 0.439. The number of halogens is 1. The van der Waals surface area contributed by atoms with Crippen molar-refractivity contribution in [3.8, 4) is 0 Å². The van der Waals surface area contributed by atoms with Gasteiger partial charge in [0.05, 0.1) is 24.0 Å². The summed E-state index contributed by atoms with van der Waals surface area (Å²) >= 11 is 0. The van der Waals surface area contributed by atoms with E-state index in [9.17, 15) is 9.18 Å². The second-order valence-electron chi connectivity index (χ2n) is 11.8. The minimum atomic E-state index is -0.833. The zero-order valence-corrected chi connectivity index (χ0v) is 24.4. The zero-order valence-electron chi connectivity index (χ0n) is 24.4. The summed E-state index contributed by atoms with van der Waals surface area (Å²) in [5.74, 6) is -0.164. The maximum Gasteiger partial charge on any atom is 0.321 e. The molecule has 2 amide bonds. The monoisotopic (exact) mass is 547 g/mol. The molecular formula is C26H42FN9O3. The van der Waals surface area contributed by atoms with Crippen LogP contribution in [0.4, 0.5) is 26.8 Å². The molecule has 0 saturated carbocycles. The lowest BCUT2D eigenvalue weighted by molar-refractivity contribution is -0.134. The largest absolute Gasteiger partial charge is 0.481 e. The number of aromatic amines is 1. The van der Waals surface area contributed by atoms with Crippen molar-refractivity contribution in [1.82, 2.24) is 34.9 Å². The van der Waals surface area contributed by atoms with E-state index in [4.69, 9.17) is 9.90 Å². The fraction of sp³-hybridized carbons (Fsp3) is 0.654. The number of hydrogen-bond acceptors (Lipinski definition) is 8. The molecule has 0 aliphatic carbocycles. The number of aromatic nitrogens is 4. The number of nitrogens with one attached hydrogen (secondary N) is 3. The Hall–Kier alpha value is -3.48. The van der Waals surface area contributed by atoms with Crippen LogP contribution >= 0.6 is 0 Å². The average Bonchev–Trinajstić information content (AvgIpc) is 3.34. The van der Waals surface area contributed by atoms with E-state index >= 15 is 0 Å². The minimum Gasteiger partial charge on any atom is -0.481 e. The Labute approximate surface area is 229 Å². The number of carbonyl (C=O) groups excluding carboxylic acids is 1. The van der Waals surface area contributed by atoms with Gasteiger partial charge in [-0.25, -0.2) is 14.2 Å². The van der Waals surface area contributed by atoms with Crippen LogP contribution in [0.3, 0.4) is 0 Å². The molecule has 13 heteroatoms. The number of nitrogens with zero attached hydrogens (tertiary/aromatic N) is 6. The van der Waals surface area contributed by atoms with Crippen LogP contribution in [0.1, 0.15) is 66.6 Å². The van der Waals surface area contributed by atoms with Gasteiger partial charge in [0.25, 0.3) is 5.97 Å². The average molecular weight is 548 g/mol. The maximum atomic E-state index is 14.5. The molecule has 4 rings (SSSR count). The SMILES string of the molecule is CC(=O)O.CC(C)CNc1ncc(F)c(Nc2n[nH]c3c2CN(C(=O)N2CC(C)(C)N(C)C[C@@H]2C)C3(C)C)n1.